The summed E-state index contributed by atoms with van der Waals surface area (Å²) in [5.74, 6) is 0.932. The number of aromatic nitrogens is 2. The number of hydrogen-bond donors (Lipinski definition) is 1. The van der Waals surface area contributed by atoms with Crippen molar-refractivity contribution in [3.8, 4) is 0 Å². The molecule has 0 spiro atoms. The van der Waals surface area contributed by atoms with Crippen LogP contribution in [-0.4, -0.2) is 95.0 Å². The van der Waals surface area contributed by atoms with E-state index >= 15 is 0 Å². The van der Waals surface area contributed by atoms with Gasteiger partial charge in [0.1, 0.15) is 11.5 Å². The SMILES string of the molecule is CCN1CCN(CCNC(=O)c2nc(C)n(C3CCN(C(C)=O)CC3)c2C)CC1. The molecule has 8 nitrogen and oxygen atoms in total. The first-order chi connectivity index (χ1) is 13.9. The molecular weight excluding hydrogens is 368 g/mol. The van der Waals surface area contributed by atoms with Crippen LogP contribution >= 0.6 is 0 Å². The van der Waals surface area contributed by atoms with Crippen molar-refractivity contribution in [1.82, 2.24) is 29.6 Å². The lowest BCUT2D eigenvalue weighted by molar-refractivity contribution is -0.130. The van der Waals surface area contributed by atoms with E-state index in [2.05, 4.69) is 31.6 Å². The van der Waals surface area contributed by atoms with Crippen molar-refractivity contribution in [1.29, 1.82) is 0 Å². The third kappa shape index (κ3) is 5.17. The van der Waals surface area contributed by atoms with Crippen molar-refractivity contribution in [3.05, 3.63) is 17.2 Å². The lowest BCUT2D eigenvalue weighted by Crippen LogP contribution is -2.48. The van der Waals surface area contributed by atoms with Crippen molar-refractivity contribution in [2.45, 2.75) is 46.6 Å². The molecule has 0 radical (unpaired) electrons. The summed E-state index contributed by atoms with van der Waals surface area (Å²) in [6.07, 6.45) is 1.81. The van der Waals surface area contributed by atoms with E-state index in [1.165, 1.54) is 0 Å². The second-order valence-electron chi connectivity index (χ2n) is 8.23. The maximum absolute atomic E-state index is 12.7. The number of likely N-dealkylation sites (tertiary alicyclic amines) is 1. The first-order valence-electron chi connectivity index (χ1n) is 10.9. The van der Waals surface area contributed by atoms with E-state index in [9.17, 15) is 9.59 Å². The minimum absolute atomic E-state index is 0.0854. The number of hydrogen-bond acceptors (Lipinski definition) is 5. The molecule has 29 heavy (non-hydrogen) atoms. The molecule has 2 saturated heterocycles. The first kappa shape index (κ1) is 21.8. The van der Waals surface area contributed by atoms with Crippen molar-refractivity contribution in [2.24, 2.45) is 0 Å². The highest BCUT2D eigenvalue weighted by Crippen LogP contribution is 2.27. The molecule has 2 fully saturated rings. The fraction of sp³-hybridized carbons (Fsp3) is 0.762. The maximum Gasteiger partial charge on any atom is 0.271 e. The number of amides is 2. The molecule has 1 aromatic rings. The zero-order chi connectivity index (χ0) is 21.0. The van der Waals surface area contributed by atoms with E-state index < -0.39 is 0 Å². The van der Waals surface area contributed by atoms with Crippen LogP contribution in [0.4, 0.5) is 0 Å². The van der Waals surface area contributed by atoms with Gasteiger partial charge in [0.05, 0.1) is 0 Å². The number of rotatable bonds is 6. The average molecular weight is 405 g/mol. The molecule has 0 aromatic carbocycles. The molecule has 2 aliphatic heterocycles. The van der Waals surface area contributed by atoms with Crippen LogP contribution in [0.2, 0.25) is 0 Å². The standard InChI is InChI=1S/C21H36N6O2/c1-5-24-12-14-25(15-13-24)11-8-22-21(29)20-16(2)27(17(3)23-20)19-6-9-26(10-7-19)18(4)28/h19H,5-15H2,1-4H3,(H,22,29). The van der Waals surface area contributed by atoms with Crippen LogP contribution in [-0.2, 0) is 4.79 Å². The Morgan fingerprint density at radius 3 is 2.24 bits per heavy atom. The minimum atomic E-state index is -0.0854. The zero-order valence-electron chi connectivity index (χ0n) is 18.4. The Bertz CT molecular complexity index is 715. The van der Waals surface area contributed by atoms with Gasteiger partial charge in [0, 0.05) is 71.0 Å². The highest BCUT2D eigenvalue weighted by Gasteiger charge is 2.27. The quantitative estimate of drug-likeness (QED) is 0.767. The van der Waals surface area contributed by atoms with Crippen LogP contribution in [0.1, 0.15) is 54.7 Å². The van der Waals surface area contributed by atoms with Crippen LogP contribution in [0.3, 0.4) is 0 Å². The Morgan fingerprint density at radius 2 is 1.66 bits per heavy atom. The lowest BCUT2D eigenvalue weighted by atomic mass is 10.0. The fourth-order valence-corrected chi connectivity index (χ4v) is 4.59. The molecule has 1 aromatic heterocycles. The van der Waals surface area contributed by atoms with E-state index in [1.54, 1.807) is 6.92 Å². The highest BCUT2D eigenvalue weighted by molar-refractivity contribution is 5.93. The summed E-state index contributed by atoms with van der Waals surface area (Å²) >= 11 is 0. The van der Waals surface area contributed by atoms with Crippen LogP contribution in [0.5, 0.6) is 0 Å². The molecule has 3 heterocycles. The van der Waals surface area contributed by atoms with Crippen LogP contribution < -0.4 is 5.32 Å². The van der Waals surface area contributed by atoms with Gasteiger partial charge in [0.15, 0.2) is 0 Å². The van der Waals surface area contributed by atoms with Crippen molar-refractivity contribution < 1.29 is 9.59 Å². The second kappa shape index (κ2) is 9.71. The maximum atomic E-state index is 12.7. The van der Waals surface area contributed by atoms with E-state index in [4.69, 9.17) is 0 Å². The van der Waals surface area contributed by atoms with E-state index in [0.29, 0.717) is 18.3 Å². The average Bonchev–Trinajstić information content (AvgIpc) is 3.02. The summed E-state index contributed by atoms with van der Waals surface area (Å²) in [7, 11) is 0. The fourth-order valence-electron chi connectivity index (χ4n) is 4.59. The summed E-state index contributed by atoms with van der Waals surface area (Å²) in [6, 6.07) is 0.300. The molecule has 2 amide bonds. The number of carbonyl (C=O) groups is 2. The van der Waals surface area contributed by atoms with Gasteiger partial charge >= 0.3 is 0 Å². The Balaban J connectivity index is 1.53. The van der Waals surface area contributed by atoms with Gasteiger partial charge in [0.25, 0.3) is 5.91 Å². The number of likely N-dealkylation sites (N-methyl/N-ethyl adjacent to an activating group) is 1. The number of nitrogens with zero attached hydrogens (tertiary/aromatic N) is 5. The summed E-state index contributed by atoms with van der Waals surface area (Å²) in [5, 5.41) is 3.05. The normalized spacial score (nSPS) is 19.5. The second-order valence-corrected chi connectivity index (χ2v) is 8.23. The Morgan fingerprint density at radius 1 is 1.03 bits per heavy atom. The lowest BCUT2D eigenvalue weighted by Gasteiger charge is -2.33. The molecule has 2 aliphatic rings. The Kier molecular flexibility index (Phi) is 7.29. The zero-order valence-corrected chi connectivity index (χ0v) is 18.4. The number of aryl methyl sites for hydroxylation is 1. The summed E-state index contributed by atoms with van der Waals surface area (Å²) < 4.78 is 2.19. The number of piperidine rings is 1. The van der Waals surface area contributed by atoms with Gasteiger partial charge in [0.2, 0.25) is 5.91 Å². The van der Waals surface area contributed by atoms with Crippen LogP contribution in [0, 0.1) is 13.8 Å². The van der Waals surface area contributed by atoms with Gasteiger partial charge in [-0.15, -0.1) is 0 Å². The molecule has 0 bridgehead atoms. The van der Waals surface area contributed by atoms with Crippen LogP contribution in [0.15, 0.2) is 0 Å². The molecule has 0 unspecified atom stereocenters. The van der Waals surface area contributed by atoms with Gasteiger partial charge in [-0.3, -0.25) is 14.5 Å². The third-order valence-electron chi connectivity index (χ3n) is 6.44. The third-order valence-corrected chi connectivity index (χ3v) is 6.44. The van der Waals surface area contributed by atoms with Gasteiger partial charge in [-0.1, -0.05) is 6.92 Å². The monoisotopic (exact) mass is 404 g/mol. The summed E-state index contributed by atoms with van der Waals surface area (Å²) in [4.78, 5) is 35.6. The minimum Gasteiger partial charge on any atom is -0.349 e. The van der Waals surface area contributed by atoms with E-state index in [-0.39, 0.29) is 11.8 Å². The molecule has 8 heteroatoms. The molecular formula is C21H36N6O2. The van der Waals surface area contributed by atoms with E-state index in [0.717, 1.165) is 76.7 Å². The predicted octanol–water partition coefficient (Wildman–Crippen LogP) is 1.05. The molecule has 1 N–H and O–H groups in total. The predicted molar refractivity (Wildman–Crippen MR) is 113 cm³/mol. The van der Waals surface area contributed by atoms with Gasteiger partial charge in [-0.05, 0) is 33.2 Å². The van der Waals surface area contributed by atoms with Crippen molar-refractivity contribution >= 4 is 11.8 Å². The largest absolute Gasteiger partial charge is 0.349 e. The van der Waals surface area contributed by atoms with E-state index in [1.807, 2.05) is 18.7 Å². The summed E-state index contributed by atoms with van der Waals surface area (Å²) in [5.41, 5.74) is 1.46. The smallest absolute Gasteiger partial charge is 0.271 e. The molecule has 0 atom stereocenters. The number of carbonyl (C=O) groups excluding carboxylic acids is 2. The van der Waals surface area contributed by atoms with Gasteiger partial charge in [-0.2, -0.15) is 0 Å². The van der Waals surface area contributed by atoms with Crippen molar-refractivity contribution in [2.75, 3.05) is 58.9 Å². The topological polar surface area (TPSA) is 73.7 Å². The van der Waals surface area contributed by atoms with Gasteiger partial charge < -0.3 is 19.7 Å². The summed E-state index contributed by atoms with van der Waals surface area (Å²) in [6.45, 7) is 16.3. The number of imidazole rings is 1. The number of piperazine rings is 1. The first-order valence-corrected chi connectivity index (χ1v) is 10.9. The highest BCUT2D eigenvalue weighted by atomic mass is 16.2. The Labute approximate surface area is 174 Å². The molecule has 0 saturated carbocycles. The molecule has 162 valence electrons. The molecule has 0 aliphatic carbocycles. The van der Waals surface area contributed by atoms with Crippen LogP contribution in [0.25, 0.3) is 0 Å². The number of nitrogens with one attached hydrogen (secondary N) is 1. The van der Waals surface area contributed by atoms with Crippen molar-refractivity contribution in [3.63, 3.8) is 0 Å². The molecule has 3 rings (SSSR count). The van der Waals surface area contributed by atoms with Gasteiger partial charge in [-0.25, -0.2) is 4.98 Å². The Hall–Kier alpha value is -1.93.